The van der Waals surface area contributed by atoms with Crippen molar-refractivity contribution in [2.75, 3.05) is 12.0 Å². The highest BCUT2D eigenvalue weighted by molar-refractivity contribution is 7.98. The van der Waals surface area contributed by atoms with Gasteiger partial charge in [-0.25, -0.2) is 4.79 Å². The first-order valence-electron chi connectivity index (χ1n) is 5.21. The topological polar surface area (TPSA) is 79.5 Å². The Balaban J connectivity index is 2.29. The van der Waals surface area contributed by atoms with Crippen molar-refractivity contribution < 1.29 is 19.1 Å². The Hall–Kier alpha value is -1.43. The highest BCUT2D eigenvalue weighted by Crippen LogP contribution is 2.07. The molecule has 1 aromatic heterocycles. The average molecular weight is 257 g/mol. The molecule has 5 nitrogen and oxygen atoms in total. The Kier molecular flexibility index (Phi) is 5.62. The van der Waals surface area contributed by atoms with Gasteiger partial charge in [0, 0.05) is 6.42 Å². The van der Waals surface area contributed by atoms with E-state index in [0.29, 0.717) is 12.2 Å². The van der Waals surface area contributed by atoms with Crippen molar-refractivity contribution in [3.05, 3.63) is 23.7 Å². The average Bonchev–Trinajstić information content (AvgIpc) is 2.75. The van der Waals surface area contributed by atoms with Crippen molar-refractivity contribution in [1.82, 2.24) is 5.32 Å². The van der Waals surface area contributed by atoms with Crippen LogP contribution in [0.25, 0.3) is 0 Å². The highest BCUT2D eigenvalue weighted by Gasteiger charge is 2.09. The number of carbonyl (C=O) groups is 2. The van der Waals surface area contributed by atoms with E-state index in [4.69, 9.17) is 9.52 Å². The van der Waals surface area contributed by atoms with Crippen LogP contribution in [0, 0.1) is 0 Å². The number of furan rings is 1. The molecule has 0 aliphatic carbocycles. The number of nitrogens with one attached hydrogen (secondary N) is 1. The summed E-state index contributed by atoms with van der Waals surface area (Å²) >= 11 is 1.70. The van der Waals surface area contributed by atoms with E-state index in [1.807, 2.05) is 6.26 Å². The molecule has 1 amide bonds. The molecule has 17 heavy (non-hydrogen) atoms. The van der Waals surface area contributed by atoms with Crippen molar-refractivity contribution >= 4 is 23.6 Å². The standard InChI is InChI=1S/C11H15NO4S/c1-17-6-2-3-10(13)12-7-8-4-5-9(16-8)11(14)15/h4-5H,2-3,6-7H2,1H3,(H,12,13)(H,14,15). The number of rotatable bonds is 7. The second kappa shape index (κ2) is 7.01. The fourth-order valence-electron chi connectivity index (χ4n) is 1.24. The number of thioether (sulfide) groups is 1. The van der Waals surface area contributed by atoms with Crippen LogP contribution in [-0.4, -0.2) is 29.0 Å². The number of carbonyl (C=O) groups excluding carboxylic acids is 1. The van der Waals surface area contributed by atoms with Crippen molar-refractivity contribution in [3.63, 3.8) is 0 Å². The predicted molar refractivity (Wildman–Crippen MR) is 65.1 cm³/mol. The number of aromatic carboxylic acids is 1. The lowest BCUT2D eigenvalue weighted by Gasteiger charge is -2.02. The van der Waals surface area contributed by atoms with Crippen molar-refractivity contribution in [2.24, 2.45) is 0 Å². The molecular weight excluding hydrogens is 242 g/mol. The fourth-order valence-corrected chi connectivity index (χ4v) is 1.67. The van der Waals surface area contributed by atoms with Gasteiger partial charge in [0.05, 0.1) is 6.54 Å². The molecule has 6 heteroatoms. The molecule has 0 spiro atoms. The summed E-state index contributed by atoms with van der Waals surface area (Å²) in [7, 11) is 0. The molecule has 1 rings (SSSR count). The Morgan fingerprint density at radius 2 is 2.24 bits per heavy atom. The molecule has 0 aliphatic heterocycles. The third kappa shape index (κ3) is 4.95. The summed E-state index contributed by atoms with van der Waals surface area (Å²) in [6, 6.07) is 2.92. The molecular formula is C11H15NO4S. The minimum atomic E-state index is -1.11. The number of carboxylic acid groups (broad SMARTS) is 1. The van der Waals surface area contributed by atoms with E-state index in [9.17, 15) is 9.59 Å². The third-order valence-corrected chi connectivity index (χ3v) is 2.78. The number of hydrogen-bond donors (Lipinski definition) is 2. The summed E-state index contributed by atoms with van der Waals surface area (Å²) in [4.78, 5) is 21.9. The first kappa shape index (κ1) is 13.6. The maximum Gasteiger partial charge on any atom is 0.371 e. The normalized spacial score (nSPS) is 10.2. The van der Waals surface area contributed by atoms with Crippen LogP contribution in [-0.2, 0) is 11.3 Å². The van der Waals surface area contributed by atoms with E-state index in [1.54, 1.807) is 17.8 Å². The van der Waals surface area contributed by atoms with Gasteiger partial charge in [0.2, 0.25) is 11.7 Å². The molecule has 0 saturated carbocycles. The summed E-state index contributed by atoms with van der Waals surface area (Å²) in [5.41, 5.74) is 0. The smallest absolute Gasteiger partial charge is 0.371 e. The van der Waals surface area contributed by atoms with Gasteiger partial charge in [0.1, 0.15) is 5.76 Å². The van der Waals surface area contributed by atoms with E-state index >= 15 is 0 Å². The predicted octanol–water partition coefficient (Wildman–Crippen LogP) is 1.74. The van der Waals surface area contributed by atoms with E-state index in [2.05, 4.69) is 5.32 Å². The zero-order chi connectivity index (χ0) is 12.7. The largest absolute Gasteiger partial charge is 0.475 e. The number of hydrogen-bond acceptors (Lipinski definition) is 4. The van der Waals surface area contributed by atoms with E-state index in [-0.39, 0.29) is 18.2 Å². The summed E-state index contributed by atoms with van der Waals surface area (Å²) in [5.74, 6) is 0.129. The van der Waals surface area contributed by atoms with Crippen LogP contribution in [0.4, 0.5) is 0 Å². The SMILES string of the molecule is CSCCCC(=O)NCc1ccc(C(=O)O)o1. The molecule has 2 N–H and O–H groups in total. The number of amides is 1. The van der Waals surface area contributed by atoms with Crippen LogP contribution in [0.1, 0.15) is 29.2 Å². The third-order valence-electron chi connectivity index (χ3n) is 2.08. The molecule has 0 fully saturated rings. The van der Waals surface area contributed by atoms with Gasteiger partial charge in [0.15, 0.2) is 0 Å². The quantitative estimate of drug-likeness (QED) is 0.727. The van der Waals surface area contributed by atoms with Crippen molar-refractivity contribution in [2.45, 2.75) is 19.4 Å². The minimum absolute atomic E-state index is 0.0488. The van der Waals surface area contributed by atoms with Crippen molar-refractivity contribution in [3.8, 4) is 0 Å². The molecule has 94 valence electrons. The lowest BCUT2D eigenvalue weighted by molar-refractivity contribution is -0.121. The molecule has 1 aromatic rings. The van der Waals surface area contributed by atoms with Crippen LogP contribution < -0.4 is 5.32 Å². The lowest BCUT2D eigenvalue weighted by Crippen LogP contribution is -2.22. The summed E-state index contributed by atoms with van der Waals surface area (Å²) in [6.45, 7) is 0.228. The van der Waals surface area contributed by atoms with Gasteiger partial charge >= 0.3 is 5.97 Å². The first-order valence-corrected chi connectivity index (χ1v) is 6.60. The Labute approximate surface area is 104 Å². The first-order chi connectivity index (χ1) is 8.13. The van der Waals surface area contributed by atoms with Gasteiger partial charge in [0.25, 0.3) is 0 Å². The minimum Gasteiger partial charge on any atom is -0.475 e. The Morgan fingerprint density at radius 3 is 2.82 bits per heavy atom. The van der Waals surface area contributed by atoms with Crippen LogP contribution in [0.2, 0.25) is 0 Å². The van der Waals surface area contributed by atoms with Gasteiger partial charge in [-0.1, -0.05) is 0 Å². The van der Waals surface area contributed by atoms with Gasteiger partial charge in [-0.3, -0.25) is 4.79 Å². The molecule has 0 aromatic carbocycles. The zero-order valence-electron chi connectivity index (χ0n) is 9.56. The van der Waals surface area contributed by atoms with Gasteiger partial charge in [-0.2, -0.15) is 11.8 Å². The van der Waals surface area contributed by atoms with Gasteiger partial charge < -0.3 is 14.8 Å². The second-order valence-corrected chi connectivity index (χ2v) is 4.43. The molecule has 0 aliphatic rings. The molecule has 0 saturated heterocycles. The molecule has 0 atom stereocenters. The van der Waals surface area contributed by atoms with Gasteiger partial charge in [-0.05, 0) is 30.6 Å². The summed E-state index contributed by atoms with van der Waals surface area (Å²) < 4.78 is 5.00. The maximum absolute atomic E-state index is 11.4. The summed E-state index contributed by atoms with van der Waals surface area (Å²) in [5, 5.41) is 11.3. The van der Waals surface area contributed by atoms with Crippen LogP contribution in [0.15, 0.2) is 16.5 Å². The Morgan fingerprint density at radius 1 is 1.47 bits per heavy atom. The maximum atomic E-state index is 11.4. The van der Waals surface area contributed by atoms with Crippen LogP contribution >= 0.6 is 11.8 Å². The van der Waals surface area contributed by atoms with E-state index in [1.165, 1.54) is 6.07 Å². The Bertz CT molecular complexity index is 389. The van der Waals surface area contributed by atoms with Crippen LogP contribution in [0.3, 0.4) is 0 Å². The van der Waals surface area contributed by atoms with E-state index in [0.717, 1.165) is 12.2 Å². The number of carboxylic acids is 1. The fraction of sp³-hybridized carbons (Fsp3) is 0.455. The highest BCUT2D eigenvalue weighted by atomic mass is 32.2. The zero-order valence-corrected chi connectivity index (χ0v) is 10.4. The van der Waals surface area contributed by atoms with Crippen molar-refractivity contribution in [1.29, 1.82) is 0 Å². The molecule has 1 heterocycles. The van der Waals surface area contributed by atoms with Crippen LogP contribution in [0.5, 0.6) is 0 Å². The molecule has 0 unspecified atom stereocenters. The second-order valence-electron chi connectivity index (χ2n) is 3.44. The monoisotopic (exact) mass is 257 g/mol. The molecule has 0 radical (unpaired) electrons. The summed E-state index contributed by atoms with van der Waals surface area (Å²) in [6.07, 6.45) is 3.31. The van der Waals surface area contributed by atoms with E-state index < -0.39 is 5.97 Å². The van der Waals surface area contributed by atoms with Gasteiger partial charge in [-0.15, -0.1) is 0 Å². The lowest BCUT2D eigenvalue weighted by atomic mass is 10.3. The molecule has 0 bridgehead atoms.